The van der Waals surface area contributed by atoms with Crippen LogP contribution < -0.4 is 5.73 Å². The standard InChI is InChI=1S/C16H27NO3/c1-14-5-3-6-15(11-14)16(12-17,13-18)7-4-8-20-10-9-19-2/h3,5-6,11,18H,4,7-10,12-13,17H2,1-2H3. The summed E-state index contributed by atoms with van der Waals surface area (Å²) in [5.41, 5.74) is 7.87. The molecule has 4 nitrogen and oxygen atoms in total. The normalized spacial score (nSPS) is 14.2. The third-order valence-electron chi connectivity index (χ3n) is 3.70. The van der Waals surface area contributed by atoms with Crippen LogP contribution in [0.4, 0.5) is 0 Å². The molecule has 0 aliphatic carbocycles. The molecule has 3 N–H and O–H groups in total. The van der Waals surface area contributed by atoms with Crippen LogP contribution in [0, 0.1) is 6.92 Å². The molecule has 0 radical (unpaired) electrons. The second-order valence-corrected chi connectivity index (χ2v) is 5.22. The van der Waals surface area contributed by atoms with Gasteiger partial charge in [-0.1, -0.05) is 29.8 Å². The van der Waals surface area contributed by atoms with Crippen molar-refractivity contribution in [2.75, 3.05) is 40.1 Å². The molecule has 1 atom stereocenters. The van der Waals surface area contributed by atoms with Gasteiger partial charge in [-0.3, -0.25) is 0 Å². The molecule has 0 heterocycles. The number of aryl methyl sites for hydroxylation is 1. The lowest BCUT2D eigenvalue weighted by Gasteiger charge is -2.31. The molecule has 0 saturated carbocycles. The second kappa shape index (κ2) is 9.08. The van der Waals surface area contributed by atoms with Crippen LogP contribution in [0.5, 0.6) is 0 Å². The van der Waals surface area contributed by atoms with Crippen molar-refractivity contribution in [1.82, 2.24) is 0 Å². The van der Waals surface area contributed by atoms with Crippen LogP contribution >= 0.6 is 0 Å². The molecule has 0 aliphatic heterocycles. The van der Waals surface area contributed by atoms with E-state index in [4.69, 9.17) is 15.2 Å². The molecular formula is C16H27NO3. The number of nitrogens with two attached hydrogens (primary N) is 1. The van der Waals surface area contributed by atoms with Crippen LogP contribution in [0.25, 0.3) is 0 Å². The van der Waals surface area contributed by atoms with Gasteiger partial charge in [-0.2, -0.15) is 0 Å². The Hall–Kier alpha value is -0.940. The van der Waals surface area contributed by atoms with Crippen molar-refractivity contribution in [3.63, 3.8) is 0 Å². The zero-order valence-corrected chi connectivity index (χ0v) is 12.6. The lowest BCUT2D eigenvalue weighted by molar-refractivity contribution is 0.0641. The molecule has 114 valence electrons. The third kappa shape index (κ3) is 4.87. The monoisotopic (exact) mass is 281 g/mol. The van der Waals surface area contributed by atoms with Crippen molar-refractivity contribution in [3.8, 4) is 0 Å². The van der Waals surface area contributed by atoms with Gasteiger partial charge in [-0.15, -0.1) is 0 Å². The van der Waals surface area contributed by atoms with Crippen molar-refractivity contribution in [2.45, 2.75) is 25.2 Å². The maximum Gasteiger partial charge on any atom is 0.0700 e. The van der Waals surface area contributed by atoms with Gasteiger partial charge in [0.2, 0.25) is 0 Å². The summed E-state index contributed by atoms with van der Waals surface area (Å²) in [4.78, 5) is 0. The summed E-state index contributed by atoms with van der Waals surface area (Å²) in [5.74, 6) is 0. The van der Waals surface area contributed by atoms with Crippen LogP contribution in [-0.2, 0) is 14.9 Å². The summed E-state index contributed by atoms with van der Waals surface area (Å²) in [6.45, 7) is 4.43. The number of aliphatic hydroxyl groups excluding tert-OH is 1. The maximum atomic E-state index is 9.82. The van der Waals surface area contributed by atoms with E-state index in [0.717, 1.165) is 18.4 Å². The number of methoxy groups -OCH3 is 1. The highest BCUT2D eigenvalue weighted by atomic mass is 16.5. The van der Waals surface area contributed by atoms with E-state index in [1.54, 1.807) is 7.11 Å². The summed E-state index contributed by atoms with van der Waals surface area (Å²) in [6.07, 6.45) is 1.69. The summed E-state index contributed by atoms with van der Waals surface area (Å²) >= 11 is 0. The Kier molecular flexibility index (Phi) is 7.77. The van der Waals surface area contributed by atoms with E-state index in [9.17, 15) is 5.11 Å². The molecule has 0 bridgehead atoms. The fourth-order valence-electron chi connectivity index (χ4n) is 2.33. The van der Waals surface area contributed by atoms with Crippen LogP contribution in [0.1, 0.15) is 24.0 Å². The summed E-state index contributed by atoms with van der Waals surface area (Å²) in [5, 5.41) is 9.82. The minimum absolute atomic E-state index is 0.0605. The third-order valence-corrected chi connectivity index (χ3v) is 3.70. The predicted octanol–water partition coefficient (Wildman–Crippen LogP) is 1.63. The topological polar surface area (TPSA) is 64.7 Å². The highest BCUT2D eigenvalue weighted by molar-refractivity contribution is 5.30. The molecule has 1 aromatic rings. The van der Waals surface area contributed by atoms with Crippen LogP contribution in [0.2, 0.25) is 0 Å². The number of hydrogen-bond donors (Lipinski definition) is 2. The summed E-state index contributed by atoms with van der Waals surface area (Å²) in [6, 6.07) is 8.21. The number of aliphatic hydroxyl groups is 1. The average Bonchev–Trinajstić information content (AvgIpc) is 2.47. The number of hydrogen-bond acceptors (Lipinski definition) is 4. The summed E-state index contributed by atoms with van der Waals surface area (Å²) in [7, 11) is 1.66. The minimum atomic E-state index is -0.364. The Labute approximate surface area is 121 Å². The zero-order valence-electron chi connectivity index (χ0n) is 12.6. The average molecular weight is 281 g/mol. The van der Waals surface area contributed by atoms with Crippen molar-refractivity contribution < 1.29 is 14.6 Å². The zero-order chi connectivity index (χ0) is 14.8. The van der Waals surface area contributed by atoms with E-state index >= 15 is 0 Å². The van der Waals surface area contributed by atoms with Gasteiger partial charge >= 0.3 is 0 Å². The van der Waals surface area contributed by atoms with Crippen LogP contribution in [0.3, 0.4) is 0 Å². The van der Waals surface area contributed by atoms with E-state index in [1.165, 1.54) is 5.56 Å². The van der Waals surface area contributed by atoms with Crippen LogP contribution in [0.15, 0.2) is 24.3 Å². The van der Waals surface area contributed by atoms with E-state index in [-0.39, 0.29) is 12.0 Å². The molecule has 0 saturated heterocycles. The lowest BCUT2D eigenvalue weighted by Crippen LogP contribution is -2.39. The Morgan fingerprint density at radius 1 is 1.25 bits per heavy atom. The Morgan fingerprint density at radius 2 is 2.05 bits per heavy atom. The molecule has 4 heteroatoms. The van der Waals surface area contributed by atoms with E-state index in [2.05, 4.69) is 19.1 Å². The van der Waals surface area contributed by atoms with Crippen molar-refractivity contribution in [3.05, 3.63) is 35.4 Å². The number of rotatable bonds is 10. The van der Waals surface area contributed by atoms with Gasteiger partial charge in [0.15, 0.2) is 0 Å². The van der Waals surface area contributed by atoms with Gasteiger partial charge in [0.05, 0.1) is 19.8 Å². The molecule has 0 fully saturated rings. The highest BCUT2D eigenvalue weighted by Gasteiger charge is 2.29. The molecular weight excluding hydrogens is 254 g/mol. The lowest BCUT2D eigenvalue weighted by atomic mass is 9.77. The molecule has 20 heavy (non-hydrogen) atoms. The van der Waals surface area contributed by atoms with Crippen molar-refractivity contribution >= 4 is 0 Å². The molecule has 1 rings (SSSR count). The van der Waals surface area contributed by atoms with Gasteiger partial charge in [-0.25, -0.2) is 0 Å². The first-order valence-corrected chi connectivity index (χ1v) is 7.13. The fraction of sp³-hybridized carbons (Fsp3) is 0.625. The quantitative estimate of drug-likeness (QED) is 0.640. The van der Waals surface area contributed by atoms with Gasteiger partial charge < -0.3 is 20.3 Å². The van der Waals surface area contributed by atoms with Crippen molar-refractivity contribution in [1.29, 1.82) is 0 Å². The summed E-state index contributed by atoms with van der Waals surface area (Å²) < 4.78 is 10.4. The predicted molar refractivity (Wildman–Crippen MR) is 80.9 cm³/mol. The van der Waals surface area contributed by atoms with Crippen molar-refractivity contribution in [2.24, 2.45) is 5.73 Å². The Bertz CT molecular complexity index is 378. The number of benzene rings is 1. The smallest absolute Gasteiger partial charge is 0.0700 e. The SMILES string of the molecule is COCCOCCCC(CN)(CO)c1cccc(C)c1. The highest BCUT2D eigenvalue weighted by Crippen LogP contribution is 2.28. The van der Waals surface area contributed by atoms with E-state index in [1.807, 2.05) is 12.1 Å². The maximum absolute atomic E-state index is 9.82. The number of ether oxygens (including phenoxy) is 2. The molecule has 0 amide bonds. The molecule has 0 aromatic heterocycles. The van der Waals surface area contributed by atoms with Gasteiger partial charge in [0.25, 0.3) is 0 Å². The Morgan fingerprint density at radius 3 is 2.65 bits per heavy atom. The van der Waals surface area contributed by atoms with Gasteiger partial charge in [-0.05, 0) is 25.3 Å². The second-order valence-electron chi connectivity index (χ2n) is 5.22. The molecule has 1 unspecified atom stereocenters. The molecule has 0 aliphatic rings. The minimum Gasteiger partial charge on any atom is -0.395 e. The first-order chi connectivity index (χ1) is 9.68. The first-order valence-electron chi connectivity index (χ1n) is 7.13. The largest absolute Gasteiger partial charge is 0.395 e. The van der Waals surface area contributed by atoms with Gasteiger partial charge in [0, 0.05) is 25.7 Å². The molecule has 1 aromatic carbocycles. The fourth-order valence-corrected chi connectivity index (χ4v) is 2.33. The molecule has 0 spiro atoms. The van der Waals surface area contributed by atoms with E-state index in [0.29, 0.717) is 26.4 Å². The van der Waals surface area contributed by atoms with Gasteiger partial charge in [0.1, 0.15) is 0 Å². The van der Waals surface area contributed by atoms with E-state index < -0.39 is 0 Å². The van der Waals surface area contributed by atoms with Crippen LogP contribution in [-0.4, -0.2) is 45.2 Å². The first kappa shape index (κ1) is 17.1. The Balaban J connectivity index is 2.58.